The van der Waals surface area contributed by atoms with Gasteiger partial charge in [0.2, 0.25) is 0 Å². The molecule has 102 valence electrons. The highest BCUT2D eigenvalue weighted by Crippen LogP contribution is 2.30. The molecule has 18 heavy (non-hydrogen) atoms. The van der Waals surface area contributed by atoms with Crippen LogP contribution in [0.5, 0.6) is 0 Å². The molecule has 1 N–H and O–H groups in total. The van der Waals surface area contributed by atoms with Crippen LogP contribution in [0.1, 0.15) is 24.8 Å². The molecule has 1 aromatic rings. The first-order valence-corrected chi connectivity index (χ1v) is 6.45. The van der Waals surface area contributed by atoms with Crippen molar-refractivity contribution < 1.29 is 14.6 Å². The zero-order valence-electron chi connectivity index (χ0n) is 11.1. The fourth-order valence-electron chi connectivity index (χ4n) is 2.56. The zero-order valence-corrected chi connectivity index (χ0v) is 11.1. The Hall–Kier alpha value is -0.910. The lowest BCUT2D eigenvalue weighted by Gasteiger charge is -2.39. The van der Waals surface area contributed by atoms with E-state index in [4.69, 9.17) is 9.47 Å². The highest BCUT2D eigenvalue weighted by atomic mass is 16.5. The Bertz CT molecular complexity index is 372. The monoisotopic (exact) mass is 254 g/mol. The van der Waals surface area contributed by atoms with Crippen LogP contribution in [0.3, 0.4) is 0 Å². The molecule has 5 heteroatoms. The van der Waals surface area contributed by atoms with E-state index < -0.39 is 11.7 Å². The van der Waals surface area contributed by atoms with E-state index in [1.54, 1.807) is 11.8 Å². The summed E-state index contributed by atoms with van der Waals surface area (Å²) in [6, 6.07) is 0. The van der Waals surface area contributed by atoms with E-state index in [1.807, 2.05) is 19.4 Å². The van der Waals surface area contributed by atoms with Crippen molar-refractivity contribution in [3.05, 3.63) is 18.0 Å². The van der Waals surface area contributed by atoms with Crippen molar-refractivity contribution in [2.75, 3.05) is 20.3 Å². The predicted octanol–water partition coefficient (Wildman–Crippen LogP) is 0.909. The largest absolute Gasteiger partial charge is 0.390 e. The predicted molar refractivity (Wildman–Crippen MR) is 67.3 cm³/mol. The number of rotatable bonds is 5. The third kappa shape index (κ3) is 2.91. The molecule has 0 spiro atoms. The van der Waals surface area contributed by atoms with Gasteiger partial charge in [0.05, 0.1) is 17.9 Å². The van der Waals surface area contributed by atoms with Gasteiger partial charge in [-0.25, -0.2) is 0 Å². The van der Waals surface area contributed by atoms with Crippen molar-refractivity contribution in [2.45, 2.75) is 37.4 Å². The van der Waals surface area contributed by atoms with Crippen LogP contribution < -0.4 is 0 Å². The summed E-state index contributed by atoms with van der Waals surface area (Å²) in [7, 11) is 3.58. The molecule has 5 nitrogen and oxygen atoms in total. The second-order valence-corrected chi connectivity index (χ2v) is 4.96. The quantitative estimate of drug-likeness (QED) is 0.848. The van der Waals surface area contributed by atoms with Crippen LogP contribution >= 0.6 is 0 Å². The lowest BCUT2D eigenvalue weighted by atomic mass is 9.85. The number of aryl methyl sites for hydroxylation is 2. The Kier molecular flexibility index (Phi) is 4.37. The van der Waals surface area contributed by atoms with Gasteiger partial charge in [0.1, 0.15) is 0 Å². The molecule has 0 aliphatic carbocycles. The van der Waals surface area contributed by atoms with Gasteiger partial charge in [0, 0.05) is 46.4 Å². The van der Waals surface area contributed by atoms with Gasteiger partial charge in [-0.15, -0.1) is 0 Å². The normalized spacial score (nSPS) is 20.8. The van der Waals surface area contributed by atoms with Crippen molar-refractivity contribution in [3.8, 4) is 0 Å². The van der Waals surface area contributed by atoms with Gasteiger partial charge in [0.15, 0.2) is 0 Å². The third-order valence-electron chi connectivity index (χ3n) is 3.82. The SMILES string of the molecule is COC1(C(O)CCc2cnn(C)c2)CCOCC1. The van der Waals surface area contributed by atoms with Gasteiger partial charge in [-0.05, 0) is 18.4 Å². The topological polar surface area (TPSA) is 56.5 Å². The Morgan fingerprint density at radius 2 is 2.28 bits per heavy atom. The molecule has 0 amide bonds. The number of ether oxygens (including phenoxy) is 2. The maximum absolute atomic E-state index is 10.4. The van der Waals surface area contributed by atoms with Crippen LogP contribution in [0.4, 0.5) is 0 Å². The summed E-state index contributed by atoms with van der Waals surface area (Å²) in [4.78, 5) is 0. The average molecular weight is 254 g/mol. The second-order valence-electron chi connectivity index (χ2n) is 4.96. The van der Waals surface area contributed by atoms with Crippen LogP contribution in [0.2, 0.25) is 0 Å². The number of hydrogen-bond acceptors (Lipinski definition) is 4. The Labute approximate surface area is 108 Å². The summed E-state index contributed by atoms with van der Waals surface area (Å²) in [6.07, 6.45) is 6.41. The fraction of sp³-hybridized carbons (Fsp3) is 0.769. The molecular weight excluding hydrogens is 232 g/mol. The van der Waals surface area contributed by atoms with Crippen LogP contribution in [0.15, 0.2) is 12.4 Å². The molecule has 2 heterocycles. The number of hydrogen-bond donors (Lipinski definition) is 1. The van der Waals surface area contributed by atoms with Crippen LogP contribution in [0.25, 0.3) is 0 Å². The van der Waals surface area contributed by atoms with Gasteiger partial charge in [0.25, 0.3) is 0 Å². The van der Waals surface area contributed by atoms with Crippen molar-refractivity contribution >= 4 is 0 Å². The molecule has 1 unspecified atom stereocenters. The van der Waals surface area contributed by atoms with Crippen molar-refractivity contribution in [2.24, 2.45) is 7.05 Å². The molecule has 0 radical (unpaired) electrons. The summed E-state index contributed by atoms with van der Waals surface area (Å²) >= 11 is 0. The average Bonchev–Trinajstić information content (AvgIpc) is 2.82. The first-order chi connectivity index (χ1) is 8.66. The number of aliphatic hydroxyl groups excluding tert-OH is 1. The Balaban J connectivity index is 1.91. The number of methoxy groups -OCH3 is 1. The summed E-state index contributed by atoms with van der Waals surface area (Å²) in [6.45, 7) is 1.33. The third-order valence-corrected chi connectivity index (χ3v) is 3.82. The molecule has 1 aliphatic heterocycles. The maximum atomic E-state index is 10.4. The molecule has 0 aromatic carbocycles. The van der Waals surface area contributed by atoms with Crippen molar-refractivity contribution in [1.29, 1.82) is 0 Å². The van der Waals surface area contributed by atoms with E-state index in [1.165, 1.54) is 0 Å². The molecule has 0 bridgehead atoms. The lowest BCUT2D eigenvalue weighted by molar-refractivity contribution is -0.153. The van der Waals surface area contributed by atoms with E-state index in [9.17, 15) is 5.11 Å². The molecule has 2 rings (SSSR count). The molecular formula is C13H22N2O3. The van der Waals surface area contributed by atoms with E-state index in [0.717, 1.165) is 24.8 Å². The first kappa shape index (κ1) is 13.5. The molecule has 1 saturated heterocycles. The second kappa shape index (κ2) is 5.82. The highest BCUT2D eigenvalue weighted by molar-refractivity contribution is 5.04. The van der Waals surface area contributed by atoms with E-state index in [0.29, 0.717) is 19.6 Å². The fourth-order valence-corrected chi connectivity index (χ4v) is 2.56. The molecule has 1 aliphatic rings. The Morgan fingerprint density at radius 1 is 1.56 bits per heavy atom. The number of aliphatic hydroxyl groups is 1. The minimum Gasteiger partial charge on any atom is -0.390 e. The van der Waals surface area contributed by atoms with Crippen molar-refractivity contribution in [1.82, 2.24) is 9.78 Å². The summed E-state index contributed by atoms with van der Waals surface area (Å²) in [5.74, 6) is 0. The smallest absolute Gasteiger partial charge is 0.0980 e. The van der Waals surface area contributed by atoms with Gasteiger partial charge < -0.3 is 14.6 Å². The van der Waals surface area contributed by atoms with Gasteiger partial charge in [-0.3, -0.25) is 4.68 Å². The van der Waals surface area contributed by atoms with E-state index in [2.05, 4.69) is 5.10 Å². The standard InChI is InChI=1S/C13H22N2O3/c1-15-10-11(9-14-15)3-4-12(16)13(17-2)5-7-18-8-6-13/h9-10,12,16H,3-8H2,1-2H3. The highest BCUT2D eigenvalue weighted by Gasteiger charge is 2.39. The minimum atomic E-state index is -0.452. The summed E-state index contributed by atoms with van der Waals surface area (Å²) in [5, 5.41) is 14.5. The van der Waals surface area contributed by atoms with Gasteiger partial charge >= 0.3 is 0 Å². The Morgan fingerprint density at radius 3 is 2.83 bits per heavy atom. The molecule has 1 aromatic heterocycles. The lowest BCUT2D eigenvalue weighted by Crippen LogP contribution is -2.48. The van der Waals surface area contributed by atoms with E-state index in [-0.39, 0.29) is 0 Å². The van der Waals surface area contributed by atoms with Crippen LogP contribution in [0, 0.1) is 0 Å². The maximum Gasteiger partial charge on any atom is 0.0980 e. The van der Waals surface area contributed by atoms with Crippen LogP contribution in [-0.2, 0) is 22.9 Å². The summed E-state index contributed by atoms with van der Waals surface area (Å²) < 4.78 is 12.7. The minimum absolute atomic E-state index is 0.430. The molecule has 0 saturated carbocycles. The zero-order chi connectivity index (χ0) is 13.0. The number of nitrogens with zero attached hydrogens (tertiary/aromatic N) is 2. The number of aromatic nitrogens is 2. The van der Waals surface area contributed by atoms with E-state index >= 15 is 0 Å². The van der Waals surface area contributed by atoms with Gasteiger partial charge in [-0.1, -0.05) is 0 Å². The molecule has 1 atom stereocenters. The molecule has 1 fully saturated rings. The summed E-state index contributed by atoms with van der Waals surface area (Å²) in [5.41, 5.74) is 0.718. The van der Waals surface area contributed by atoms with Gasteiger partial charge in [-0.2, -0.15) is 5.10 Å². The van der Waals surface area contributed by atoms with Crippen molar-refractivity contribution in [3.63, 3.8) is 0 Å². The van der Waals surface area contributed by atoms with Crippen LogP contribution in [-0.4, -0.2) is 46.9 Å². The first-order valence-electron chi connectivity index (χ1n) is 6.45.